The van der Waals surface area contributed by atoms with Gasteiger partial charge in [-0.3, -0.25) is 9.88 Å². The number of hydrogen-bond donors (Lipinski definition) is 3. The number of aromatic nitrogens is 3. The van der Waals surface area contributed by atoms with Crippen LogP contribution in [-0.4, -0.2) is 30.8 Å². The molecule has 8 nitrogen and oxygen atoms in total. The molecule has 0 aliphatic heterocycles. The molecule has 0 saturated carbocycles. The standard InChI is InChI=1S/C24H20F3N5O3S/c1-15-21(33)32(18-7-9-19(10-8-18)36-24(25,26)27)23(35)31(15)14-16-11-12-28-20(13-16)30-22(34)29-17-5-3-2-4-6-17/h2-13,33H,14H2,1H3,(H2,28,29,30,34). The van der Waals surface area contributed by atoms with Crippen LogP contribution in [0.4, 0.5) is 29.5 Å². The molecule has 0 radical (unpaired) electrons. The number of amides is 2. The van der Waals surface area contributed by atoms with Crippen molar-refractivity contribution in [1.82, 2.24) is 14.1 Å². The van der Waals surface area contributed by atoms with Crippen molar-refractivity contribution < 1.29 is 23.1 Å². The van der Waals surface area contributed by atoms with Crippen LogP contribution >= 0.6 is 11.8 Å². The number of rotatable bonds is 6. The number of carbonyl (C=O) groups excluding carboxylic acids is 1. The third kappa shape index (κ3) is 5.89. The molecule has 0 fully saturated rings. The molecule has 0 aliphatic rings. The molecule has 0 atom stereocenters. The van der Waals surface area contributed by atoms with Gasteiger partial charge in [-0.15, -0.1) is 0 Å². The van der Waals surface area contributed by atoms with Gasteiger partial charge in [-0.1, -0.05) is 18.2 Å². The Balaban J connectivity index is 1.53. The topological polar surface area (TPSA) is 101 Å². The zero-order valence-corrected chi connectivity index (χ0v) is 19.6. The highest BCUT2D eigenvalue weighted by atomic mass is 32.2. The van der Waals surface area contributed by atoms with Crippen molar-refractivity contribution in [3.05, 3.63) is 94.7 Å². The van der Waals surface area contributed by atoms with Crippen LogP contribution < -0.4 is 16.3 Å². The van der Waals surface area contributed by atoms with Gasteiger partial charge in [0.1, 0.15) is 5.82 Å². The lowest BCUT2D eigenvalue weighted by Gasteiger charge is -2.09. The lowest BCUT2D eigenvalue weighted by Crippen LogP contribution is -2.24. The fraction of sp³-hybridized carbons (Fsp3) is 0.125. The van der Waals surface area contributed by atoms with Crippen LogP contribution in [0.1, 0.15) is 11.3 Å². The Hall–Kier alpha value is -4.19. The van der Waals surface area contributed by atoms with E-state index in [9.17, 15) is 27.9 Å². The smallest absolute Gasteiger partial charge is 0.446 e. The monoisotopic (exact) mass is 515 g/mol. The molecule has 0 saturated heterocycles. The van der Waals surface area contributed by atoms with Crippen LogP contribution in [0.3, 0.4) is 0 Å². The molecular formula is C24H20F3N5O3S. The molecule has 12 heteroatoms. The summed E-state index contributed by atoms with van der Waals surface area (Å²) in [4.78, 5) is 29.4. The molecule has 2 aromatic carbocycles. The van der Waals surface area contributed by atoms with Crippen LogP contribution in [0, 0.1) is 6.92 Å². The van der Waals surface area contributed by atoms with Crippen molar-refractivity contribution in [3.63, 3.8) is 0 Å². The quantitative estimate of drug-likeness (QED) is 0.301. The number of imidazole rings is 1. The maximum Gasteiger partial charge on any atom is 0.446 e. The zero-order chi connectivity index (χ0) is 25.9. The number of anilines is 2. The van der Waals surface area contributed by atoms with Gasteiger partial charge in [-0.2, -0.15) is 13.2 Å². The van der Waals surface area contributed by atoms with Crippen molar-refractivity contribution >= 4 is 29.3 Å². The molecule has 2 heterocycles. The molecule has 2 aromatic heterocycles. The highest BCUT2D eigenvalue weighted by Gasteiger charge is 2.29. The normalized spacial score (nSPS) is 11.3. The van der Waals surface area contributed by atoms with Gasteiger partial charge in [0.15, 0.2) is 0 Å². The number of thioether (sulfide) groups is 1. The van der Waals surface area contributed by atoms with Gasteiger partial charge >= 0.3 is 17.2 Å². The second-order valence-electron chi connectivity index (χ2n) is 7.65. The van der Waals surface area contributed by atoms with Crippen LogP contribution in [0.5, 0.6) is 5.88 Å². The van der Waals surface area contributed by atoms with Crippen LogP contribution in [-0.2, 0) is 6.54 Å². The van der Waals surface area contributed by atoms with E-state index in [1.807, 2.05) is 6.07 Å². The number of pyridine rings is 1. The first-order chi connectivity index (χ1) is 17.1. The fourth-order valence-electron chi connectivity index (χ4n) is 3.48. The van der Waals surface area contributed by atoms with E-state index in [0.29, 0.717) is 11.3 Å². The van der Waals surface area contributed by atoms with Gasteiger partial charge in [0.25, 0.3) is 0 Å². The maximum atomic E-state index is 13.1. The average Bonchev–Trinajstić information content (AvgIpc) is 3.02. The van der Waals surface area contributed by atoms with Crippen molar-refractivity contribution in [2.24, 2.45) is 0 Å². The molecule has 4 rings (SSSR count). The highest BCUT2D eigenvalue weighted by molar-refractivity contribution is 8.00. The predicted molar refractivity (Wildman–Crippen MR) is 131 cm³/mol. The molecule has 36 heavy (non-hydrogen) atoms. The number of alkyl halides is 3. The van der Waals surface area contributed by atoms with Crippen LogP contribution in [0.25, 0.3) is 5.69 Å². The van der Waals surface area contributed by atoms with E-state index in [2.05, 4.69) is 15.6 Å². The lowest BCUT2D eigenvalue weighted by molar-refractivity contribution is -0.0328. The van der Waals surface area contributed by atoms with E-state index in [0.717, 1.165) is 4.57 Å². The van der Waals surface area contributed by atoms with Crippen molar-refractivity contribution in [2.75, 3.05) is 10.6 Å². The molecule has 0 bridgehead atoms. The average molecular weight is 516 g/mol. The summed E-state index contributed by atoms with van der Waals surface area (Å²) in [7, 11) is 0. The van der Waals surface area contributed by atoms with E-state index >= 15 is 0 Å². The SMILES string of the molecule is Cc1c(O)n(-c2ccc(SC(F)(F)F)cc2)c(=O)n1Cc1ccnc(NC(=O)Nc2ccccc2)c1. The summed E-state index contributed by atoms with van der Waals surface area (Å²) in [6.07, 6.45) is 1.47. The Morgan fingerprint density at radius 2 is 1.75 bits per heavy atom. The maximum absolute atomic E-state index is 13.1. The summed E-state index contributed by atoms with van der Waals surface area (Å²) in [5.41, 5.74) is -3.28. The van der Waals surface area contributed by atoms with Gasteiger partial charge in [-0.05, 0) is 72.8 Å². The van der Waals surface area contributed by atoms with Gasteiger partial charge in [-0.25, -0.2) is 19.1 Å². The Kier molecular flexibility index (Phi) is 7.06. The molecule has 0 unspecified atom stereocenters. The largest absolute Gasteiger partial charge is 0.493 e. The minimum Gasteiger partial charge on any atom is -0.493 e. The minimum absolute atomic E-state index is 0.0388. The number of para-hydroxylation sites is 1. The molecule has 0 spiro atoms. The second-order valence-corrected chi connectivity index (χ2v) is 8.79. The van der Waals surface area contributed by atoms with Crippen molar-refractivity contribution in [2.45, 2.75) is 23.9 Å². The Morgan fingerprint density at radius 3 is 2.42 bits per heavy atom. The zero-order valence-electron chi connectivity index (χ0n) is 18.8. The number of aromatic hydroxyl groups is 1. The lowest BCUT2D eigenvalue weighted by atomic mass is 10.2. The van der Waals surface area contributed by atoms with Gasteiger partial charge < -0.3 is 10.4 Å². The molecule has 2 amide bonds. The van der Waals surface area contributed by atoms with Crippen LogP contribution in [0.2, 0.25) is 0 Å². The predicted octanol–water partition coefficient (Wildman–Crippen LogP) is 5.35. The number of benzene rings is 2. The van der Waals surface area contributed by atoms with E-state index < -0.39 is 17.2 Å². The third-order valence-electron chi connectivity index (χ3n) is 5.13. The Labute approximate surface area is 207 Å². The summed E-state index contributed by atoms with van der Waals surface area (Å²) in [6.45, 7) is 1.61. The third-order valence-corrected chi connectivity index (χ3v) is 5.87. The summed E-state index contributed by atoms with van der Waals surface area (Å²) >= 11 is -0.267. The highest BCUT2D eigenvalue weighted by Crippen LogP contribution is 2.37. The summed E-state index contributed by atoms with van der Waals surface area (Å²) in [5, 5.41) is 15.9. The first-order valence-corrected chi connectivity index (χ1v) is 11.4. The first-order valence-electron chi connectivity index (χ1n) is 10.6. The molecular weight excluding hydrogens is 495 g/mol. The number of urea groups is 1. The van der Waals surface area contributed by atoms with E-state index in [1.165, 1.54) is 35.0 Å². The van der Waals surface area contributed by atoms with E-state index in [4.69, 9.17) is 0 Å². The number of hydrogen-bond acceptors (Lipinski definition) is 5. The number of carbonyl (C=O) groups is 1. The molecule has 3 N–H and O–H groups in total. The summed E-state index contributed by atoms with van der Waals surface area (Å²) in [6, 6.07) is 16.7. The molecule has 4 aromatic rings. The van der Waals surface area contributed by atoms with Crippen molar-refractivity contribution in [1.29, 1.82) is 0 Å². The summed E-state index contributed by atoms with van der Waals surface area (Å²) in [5.74, 6) is -0.0705. The molecule has 186 valence electrons. The number of halogens is 3. The van der Waals surface area contributed by atoms with Gasteiger partial charge in [0.2, 0.25) is 5.88 Å². The van der Waals surface area contributed by atoms with E-state index in [-0.39, 0.29) is 46.3 Å². The van der Waals surface area contributed by atoms with Gasteiger partial charge in [0, 0.05) is 16.8 Å². The second kappa shape index (κ2) is 10.2. The van der Waals surface area contributed by atoms with Crippen molar-refractivity contribution in [3.8, 4) is 11.6 Å². The molecule has 0 aliphatic carbocycles. The Morgan fingerprint density at radius 1 is 1.06 bits per heavy atom. The number of nitrogens with one attached hydrogen (secondary N) is 2. The minimum atomic E-state index is -4.43. The Bertz CT molecular complexity index is 1430. The van der Waals surface area contributed by atoms with E-state index in [1.54, 1.807) is 43.3 Å². The summed E-state index contributed by atoms with van der Waals surface area (Å²) < 4.78 is 40.1. The number of nitrogens with zero attached hydrogens (tertiary/aromatic N) is 3. The first kappa shape index (κ1) is 24.9. The van der Waals surface area contributed by atoms with Crippen LogP contribution in [0.15, 0.2) is 82.6 Å². The fourth-order valence-corrected chi connectivity index (χ4v) is 4.02. The van der Waals surface area contributed by atoms with Gasteiger partial charge in [0.05, 0.1) is 17.9 Å².